The summed E-state index contributed by atoms with van der Waals surface area (Å²) in [6.45, 7) is 9.21. The van der Waals surface area contributed by atoms with E-state index in [1.54, 1.807) is 0 Å². The zero-order valence-electron chi connectivity index (χ0n) is 31.6. The molecule has 0 saturated carbocycles. The van der Waals surface area contributed by atoms with E-state index < -0.39 is 0 Å². The van der Waals surface area contributed by atoms with Gasteiger partial charge in [-0.2, -0.15) is 0 Å². The summed E-state index contributed by atoms with van der Waals surface area (Å²) in [5, 5.41) is 0. The summed E-state index contributed by atoms with van der Waals surface area (Å²) in [5.74, 6) is 1.11. The highest BCUT2D eigenvalue weighted by atomic mass is 16.4. The largest absolute Gasteiger partial charge is 0.436 e. The minimum atomic E-state index is -0.104. The molecule has 7 aromatic carbocycles. The van der Waals surface area contributed by atoms with E-state index >= 15 is 0 Å². The maximum Gasteiger partial charge on any atom is 0.227 e. The van der Waals surface area contributed by atoms with Crippen LogP contribution in [0.25, 0.3) is 45.1 Å². The molecule has 9 aromatic rings. The van der Waals surface area contributed by atoms with Gasteiger partial charge in [-0.3, -0.25) is 0 Å². The van der Waals surface area contributed by atoms with Crippen molar-refractivity contribution < 1.29 is 8.83 Å². The van der Waals surface area contributed by atoms with Crippen LogP contribution in [-0.2, 0) is 10.8 Å². The summed E-state index contributed by atoms with van der Waals surface area (Å²) in [5.41, 5.74) is 16.5. The molecule has 0 radical (unpaired) electrons. The number of rotatable bonds is 4. The van der Waals surface area contributed by atoms with E-state index in [9.17, 15) is 0 Å². The minimum Gasteiger partial charge on any atom is -0.436 e. The van der Waals surface area contributed by atoms with Crippen LogP contribution in [0.15, 0.2) is 167 Å². The van der Waals surface area contributed by atoms with Crippen LogP contribution < -0.4 is 9.80 Å². The van der Waals surface area contributed by atoms with Gasteiger partial charge >= 0.3 is 0 Å². The Balaban J connectivity index is 0.889. The van der Waals surface area contributed by atoms with Gasteiger partial charge in [0, 0.05) is 39.4 Å². The molecule has 0 amide bonds. The van der Waals surface area contributed by atoms with Gasteiger partial charge in [-0.05, 0) is 101 Å². The van der Waals surface area contributed by atoms with Crippen molar-refractivity contribution in [2.75, 3.05) is 9.80 Å². The van der Waals surface area contributed by atoms with Gasteiger partial charge in [0.05, 0.1) is 22.7 Å². The van der Waals surface area contributed by atoms with Crippen molar-refractivity contribution in [2.45, 2.75) is 38.5 Å². The molecular weight excluding hydrogens is 689 g/mol. The molecular formula is C50H38N4O2. The van der Waals surface area contributed by atoms with E-state index in [1.807, 2.05) is 12.1 Å². The van der Waals surface area contributed by atoms with Crippen molar-refractivity contribution in [3.05, 3.63) is 180 Å². The molecule has 2 aromatic heterocycles. The molecule has 0 aliphatic carbocycles. The first-order chi connectivity index (χ1) is 27.3. The SMILES string of the molecule is CC1(C)c2ccccc2N(c2ccc(-c3nc4cc5nc(-c6ccc(N7c8ccccc8C(C)(C)c8ccccc87)cc6)oc5cc4o3)cc2)c2ccccc21. The first-order valence-corrected chi connectivity index (χ1v) is 19.2. The molecule has 0 fully saturated rings. The number of fused-ring (bicyclic) bond motifs is 6. The summed E-state index contributed by atoms with van der Waals surface area (Å²) >= 11 is 0. The molecule has 56 heavy (non-hydrogen) atoms. The van der Waals surface area contributed by atoms with Crippen molar-refractivity contribution in [2.24, 2.45) is 0 Å². The first-order valence-electron chi connectivity index (χ1n) is 19.2. The smallest absolute Gasteiger partial charge is 0.227 e. The van der Waals surface area contributed by atoms with E-state index in [1.165, 1.54) is 45.0 Å². The summed E-state index contributed by atoms with van der Waals surface area (Å²) in [4.78, 5) is 14.5. The minimum absolute atomic E-state index is 0.104. The lowest BCUT2D eigenvalue weighted by Crippen LogP contribution is -2.30. The molecule has 0 atom stereocenters. The lowest BCUT2D eigenvalue weighted by atomic mass is 9.73. The highest BCUT2D eigenvalue weighted by molar-refractivity contribution is 5.92. The summed E-state index contributed by atoms with van der Waals surface area (Å²) in [7, 11) is 0. The molecule has 0 N–H and O–H groups in total. The highest BCUT2D eigenvalue weighted by Gasteiger charge is 2.37. The monoisotopic (exact) mass is 726 g/mol. The van der Waals surface area contributed by atoms with Gasteiger partial charge in [-0.15, -0.1) is 0 Å². The fourth-order valence-corrected chi connectivity index (χ4v) is 9.00. The normalized spacial score (nSPS) is 15.0. The van der Waals surface area contributed by atoms with Gasteiger partial charge in [0.1, 0.15) is 11.0 Å². The highest BCUT2D eigenvalue weighted by Crippen LogP contribution is 2.53. The number of hydrogen-bond donors (Lipinski definition) is 0. The van der Waals surface area contributed by atoms with Gasteiger partial charge < -0.3 is 18.6 Å². The van der Waals surface area contributed by atoms with Crippen LogP contribution in [0, 0.1) is 0 Å². The van der Waals surface area contributed by atoms with Gasteiger partial charge in [0.15, 0.2) is 11.2 Å². The van der Waals surface area contributed by atoms with Gasteiger partial charge in [0.2, 0.25) is 11.8 Å². The molecule has 2 aliphatic heterocycles. The van der Waals surface area contributed by atoms with E-state index in [4.69, 9.17) is 18.8 Å². The second-order valence-corrected chi connectivity index (χ2v) is 15.9. The maximum absolute atomic E-state index is 6.34. The van der Waals surface area contributed by atoms with Gasteiger partial charge in [-0.1, -0.05) is 100 Å². The van der Waals surface area contributed by atoms with Gasteiger partial charge in [-0.25, -0.2) is 9.97 Å². The topological polar surface area (TPSA) is 58.5 Å². The number of nitrogens with zero attached hydrogens (tertiary/aromatic N) is 4. The molecule has 270 valence electrons. The van der Waals surface area contributed by atoms with Crippen LogP contribution in [0.5, 0.6) is 0 Å². The lowest BCUT2D eigenvalue weighted by Gasteiger charge is -2.42. The second kappa shape index (κ2) is 11.8. The molecule has 0 unspecified atom stereocenters. The van der Waals surface area contributed by atoms with Crippen LogP contribution in [0.4, 0.5) is 34.1 Å². The summed E-state index contributed by atoms with van der Waals surface area (Å²) in [6, 6.07) is 55.5. The molecule has 0 bridgehead atoms. The lowest BCUT2D eigenvalue weighted by molar-refractivity contribution is 0.609. The fourth-order valence-electron chi connectivity index (χ4n) is 9.00. The average Bonchev–Trinajstić information content (AvgIpc) is 3.84. The second-order valence-electron chi connectivity index (χ2n) is 15.9. The van der Waals surface area contributed by atoms with Crippen molar-refractivity contribution in [1.82, 2.24) is 9.97 Å². The van der Waals surface area contributed by atoms with Crippen LogP contribution in [0.1, 0.15) is 49.9 Å². The Kier molecular flexibility index (Phi) is 6.84. The van der Waals surface area contributed by atoms with Crippen LogP contribution in [0.3, 0.4) is 0 Å². The fraction of sp³-hybridized carbons (Fsp3) is 0.120. The number of oxazole rings is 2. The number of aromatic nitrogens is 2. The first kappa shape index (κ1) is 32.5. The van der Waals surface area contributed by atoms with E-state index in [0.29, 0.717) is 22.9 Å². The van der Waals surface area contributed by atoms with Crippen molar-refractivity contribution in [3.8, 4) is 22.9 Å². The molecule has 6 nitrogen and oxygen atoms in total. The Labute approximate surface area is 325 Å². The molecule has 0 spiro atoms. The Morgan fingerprint density at radius 2 is 0.714 bits per heavy atom. The summed E-state index contributed by atoms with van der Waals surface area (Å²) < 4.78 is 12.7. The zero-order valence-corrected chi connectivity index (χ0v) is 31.6. The Hall–Kier alpha value is -6.92. The molecule has 2 aliphatic rings. The maximum atomic E-state index is 6.34. The quantitative estimate of drug-likeness (QED) is 0.180. The molecule has 0 saturated heterocycles. The predicted octanol–water partition coefficient (Wildman–Crippen LogP) is 13.5. The number of benzene rings is 7. The van der Waals surface area contributed by atoms with Crippen LogP contribution >= 0.6 is 0 Å². The Bertz CT molecular complexity index is 2640. The summed E-state index contributed by atoms with van der Waals surface area (Å²) in [6.07, 6.45) is 0. The zero-order chi connectivity index (χ0) is 37.8. The molecule has 11 rings (SSSR count). The average molecular weight is 727 g/mol. The third kappa shape index (κ3) is 4.75. The third-order valence-corrected chi connectivity index (χ3v) is 11.9. The van der Waals surface area contributed by atoms with Crippen molar-refractivity contribution in [1.29, 1.82) is 0 Å². The Morgan fingerprint density at radius 3 is 1.05 bits per heavy atom. The molecule has 4 heterocycles. The molecule has 6 heteroatoms. The van der Waals surface area contributed by atoms with E-state index in [0.717, 1.165) is 33.5 Å². The van der Waals surface area contributed by atoms with E-state index in [2.05, 4.69) is 183 Å². The van der Waals surface area contributed by atoms with Crippen LogP contribution in [0.2, 0.25) is 0 Å². The number of anilines is 6. The Morgan fingerprint density at radius 1 is 0.393 bits per heavy atom. The van der Waals surface area contributed by atoms with Gasteiger partial charge in [0.25, 0.3) is 0 Å². The van der Waals surface area contributed by atoms with Crippen molar-refractivity contribution in [3.63, 3.8) is 0 Å². The van der Waals surface area contributed by atoms with Crippen LogP contribution in [-0.4, -0.2) is 9.97 Å². The third-order valence-electron chi connectivity index (χ3n) is 11.9. The predicted molar refractivity (Wildman–Crippen MR) is 226 cm³/mol. The van der Waals surface area contributed by atoms with Crippen molar-refractivity contribution >= 4 is 56.3 Å². The number of para-hydroxylation sites is 4. The standard InChI is InChI=1S/C50H38N4O2/c1-49(2)35-13-5-9-17-41(35)53(42-18-10-6-14-36(42)49)33-25-21-31(22-26-33)47-51-39-29-40-46(30-45(39)55-47)56-48(52-40)32-23-27-34(28-24-32)54-43-19-11-7-15-37(43)50(3,4)38-16-8-12-20-44(38)54/h5-30H,1-4H3. The van der Waals surface area contributed by atoms with E-state index in [-0.39, 0.29) is 10.8 Å². The number of hydrogen-bond acceptors (Lipinski definition) is 6.